The summed E-state index contributed by atoms with van der Waals surface area (Å²) < 4.78 is 50.5. The Hall–Kier alpha value is -5.04. The van der Waals surface area contributed by atoms with E-state index >= 15 is 0 Å². The van der Waals surface area contributed by atoms with Gasteiger partial charge in [0.15, 0.2) is 0 Å². The lowest BCUT2D eigenvalue weighted by Crippen LogP contribution is -2.15. The molecule has 0 bridgehead atoms. The molecule has 0 atom stereocenters. The van der Waals surface area contributed by atoms with Crippen molar-refractivity contribution in [3.8, 4) is 33.5 Å². The van der Waals surface area contributed by atoms with Crippen LogP contribution in [0.4, 0.5) is 9.39 Å². The summed E-state index contributed by atoms with van der Waals surface area (Å²) in [6.45, 7) is 7.82. The third-order valence-corrected chi connectivity index (χ3v) is 10.8. The summed E-state index contributed by atoms with van der Waals surface area (Å²) in [6.07, 6.45) is 2.71. The zero-order valence-electron chi connectivity index (χ0n) is 24.1. The van der Waals surface area contributed by atoms with Crippen LogP contribution in [0.15, 0.2) is 101 Å². The second-order valence-corrected chi connectivity index (χ2v) is 13.5. The van der Waals surface area contributed by atoms with E-state index in [4.69, 9.17) is 11.3 Å². The predicted octanol–water partition coefficient (Wildman–Crippen LogP) is 8.91. The highest BCUT2D eigenvalue weighted by Crippen LogP contribution is 2.48. The molecule has 0 fully saturated rings. The molecule has 7 rings (SSSR count). The Morgan fingerprint density at radius 2 is 1.69 bits per heavy atom. The van der Waals surface area contributed by atoms with Gasteiger partial charge in [0.1, 0.15) is 5.82 Å². The monoisotopic (exact) mass is 632 g/mol. The zero-order valence-corrected chi connectivity index (χ0v) is 25.7. The molecule has 2 heterocycles. The van der Waals surface area contributed by atoms with Crippen molar-refractivity contribution in [2.45, 2.75) is 24.2 Å². The molecule has 0 saturated carbocycles. The molecule has 0 saturated heterocycles. The Morgan fingerprint density at radius 3 is 2.47 bits per heavy atom. The SMILES string of the molecule is [C-]#[N+]c1sccc1-c1c(-c2cccc(-c3ccc(C(=O)OC)cc3)c2)n(S(=O)(=O)c2ccc3c(c2)CCC3)c2ccc(F)cc12. The minimum Gasteiger partial charge on any atom is -0.465 e. The van der Waals surface area contributed by atoms with Gasteiger partial charge in [-0.1, -0.05) is 42.5 Å². The maximum Gasteiger partial charge on any atom is 0.337 e. The lowest BCUT2D eigenvalue weighted by molar-refractivity contribution is 0.0600. The first-order valence-electron chi connectivity index (χ1n) is 14.3. The highest BCUT2D eigenvalue weighted by molar-refractivity contribution is 7.90. The van der Waals surface area contributed by atoms with Gasteiger partial charge in [-0.2, -0.15) is 11.3 Å². The van der Waals surface area contributed by atoms with E-state index in [1.807, 2.05) is 30.3 Å². The third kappa shape index (κ3) is 4.83. The number of benzene rings is 4. The van der Waals surface area contributed by atoms with E-state index < -0.39 is 21.8 Å². The van der Waals surface area contributed by atoms with Crippen LogP contribution in [0.1, 0.15) is 27.9 Å². The van der Waals surface area contributed by atoms with Gasteiger partial charge in [-0.15, -0.1) is 0 Å². The average molecular weight is 633 g/mol. The molecule has 9 heteroatoms. The lowest BCUT2D eigenvalue weighted by atomic mass is 9.96. The van der Waals surface area contributed by atoms with Crippen molar-refractivity contribution in [1.29, 1.82) is 0 Å². The van der Waals surface area contributed by atoms with Crippen LogP contribution in [0.25, 0.3) is 49.3 Å². The summed E-state index contributed by atoms with van der Waals surface area (Å²) in [4.78, 5) is 15.9. The molecule has 2 aromatic heterocycles. The van der Waals surface area contributed by atoms with E-state index in [9.17, 15) is 17.6 Å². The Bertz CT molecular complexity index is 2290. The van der Waals surface area contributed by atoms with Gasteiger partial charge in [-0.25, -0.2) is 26.4 Å². The molecule has 45 heavy (non-hydrogen) atoms. The number of halogens is 1. The molecular formula is C36H25FN2O4S2. The highest BCUT2D eigenvalue weighted by Gasteiger charge is 2.31. The van der Waals surface area contributed by atoms with Crippen LogP contribution in [0.2, 0.25) is 0 Å². The Kier molecular flexibility index (Phi) is 7.11. The van der Waals surface area contributed by atoms with E-state index in [0.717, 1.165) is 41.5 Å². The molecular weight excluding hydrogens is 608 g/mol. The fourth-order valence-corrected chi connectivity index (χ4v) is 8.45. The molecule has 4 aromatic carbocycles. The zero-order chi connectivity index (χ0) is 31.3. The molecule has 0 amide bonds. The first-order valence-corrected chi connectivity index (χ1v) is 16.6. The molecule has 222 valence electrons. The van der Waals surface area contributed by atoms with Gasteiger partial charge in [-0.05, 0) is 95.4 Å². The maximum atomic E-state index is 14.9. The molecule has 0 N–H and O–H groups in total. The molecule has 0 radical (unpaired) electrons. The van der Waals surface area contributed by atoms with Gasteiger partial charge < -0.3 is 4.74 Å². The number of rotatable bonds is 6. The van der Waals surface area contributed by atoms with Crippen LogP contribution in [-0.2, 0) is 27.6 Å². The first kappa shape index (κ1) is 28.7. The molecule has 0 spiro atoms. The van der Waals surface area contributed by atoms with E-state index in [-0.39, 0.29) is 4.90 Å². The number of nitrogens with zero attached hydrogens (tertiary/aromatic N) is 2. The molecule has 0 unspecified atom stereocenters. The van der Waals surface area contributed by atoms with E-state index in [0.29, 0.717) is 43.9 Å². The molecule has 6 nitrogen and oxygen atoms in total. The van der Waals surface area contributed by atoms with Gasteiger partial charge in [0.2, 0.25) is 5.00 Å². The van der Waals surface area contributed by atoms with Gasteiger partial charge in [-0.3, -0.25) is 0 Å². The number of hydrogen-bond acceptors (Lipinski definition) is 5. The summed E-state index contributed by atoms with van der Waals surface area (Å²) in [5.74, 6) is -0.957. The minimum absolute atomic E-state index is 0.155. The van der Waals surface area contributed by atoms with E-state index in [1.165, 1.54) is 40.6 Å². The van der Waals surface area contributed by atoms with Crippen LogP contribution >= 0.6 is 11.3 Å². The number of hydrogen-bond donors (Lipinski definition) is 0. The normalized spacial score (nSPS) is 12.6. The summed E-state index contributed by atoms with van der Waals surface area (Å²) in [7, 11) is -2.87. The molecule has 1 aliphatic carbocycles. The number of esters is 1. The fourth-order valence-electron chi connectivity index (χ4n) is 6.17. The van der Waals surface area contributed by atoms with Crippen molar-refractivity contribution in [3.63, 3.8) is 0 Å². The fraction of sp³-hybridized carbons (Fsp3) is 0.111. The second-order valence-electron chi connectivity index (χ2n) is 10.8. The summed E-state index contributed by atoms with van der Waals surface area (Å²) in [5.41, 5.74) is 6.41. The van der Waals surface area contributed by atoms with Crippen molar-refractivity contribution >= 4 is 43.2 Å². The Labute approximate surface area is 263 Å². The van der Waals surface area contributed by atoms with Gasteiger partial charge in [0, 0.05) is 22.1 Å². The van der Waals surface area contributed by atoms with Crippen LogP contribution in [0, 0.1) is 12.4 Å². The van der Waals surface area contributed by atoms with Crippen molar-refractivity contribution in [2.24, 2.45) is 0 Å². The van der Waals surface area contributed by atoms with Crippen LogP contribution in [0.5, 0.6) is 0 Å². The van der Waals surface area contributed by atoms with Gasteiger partial charge >= 0.3 is 5.97 Å². The molecule has 6 aromatic rings. The predicted molar refractivity (Wildman–Crippen MR) is 175 cm³/mol. The molecule has 0 aliphatic heterocycles. The average Bonchev–Trinajstić information content (AvgIpc) is 3.81. The molecule has 1 aliphatic rings. The van der Waals surface area contributed by atoms with Crippen LogP contribution < -0.4 is 0 Å². The Balaban J connectivity index is 1.53. The number of thiophene rings is 1. The van der Waals surface area contributed by atoms with Crippen molar-refractivity contribution < 1.29 is 22.3 Å². The summed E-state index contributed by atoms with van der Waals surface area (Å²) >= 11 is 1.25. The first-order chi connectivity index (χ1) is 21.8. The highest BCUT2D eigenvalue weighted by atomic mass is 32.2. The number of carbonyl (C=O) groups excluding carboxylic acids is 1. The lowest BCUT2D eigenvalue weighted by Gasteiger charge is -2.15. The topological polar surface area (TPSA) is 69.7 Å². The quantitative estimate of drug-likeness (QED) is 0.136. The minimum atomic E-state index is -4.20. The number of aromatic nitrogens is 1. The van der Waals surface area contributed by atoms with Gasteiger partial charge in [0.25, 0.3) is 10.0 Å². The number of fused-ring (bicyclic) bond motifs is 2. The van der Waals surface area contributed by atoms with Crippen molar-refractivity contribution in [1.82, 2.24) is 3.97 Å². The van der Waals surface area contributed by atoms with Crippen molar-refractivity contribution in [3.05, 3.63) is 130 Å². The van der Waals surface area contributed by atoms with Gasteiger partial charge in [0.05, 0.1) is 35.4 Å². The van der Waals surface area contributed by atoms with E-state index in [2.05, 4.69) is 4.85 Å². The van der Waals surface area contributed by atoms with Crippen molar-refractivity contribution in [2.75, 3.05) is 7.11 Å². The number of methoxy groups -OCH3 is 1. The van der Waals surface area contributed by atoms with Crippen LogP contribution in [0.3, 0.4) is 0 Å². The smallest absolute Gasteiger partial charge is 0.337 e. The second kappa shape index (κ2) is 11.1. The summed E-state index contributed by atoms with van der Waals surface area (Å²) in [5, 5.41) is 2.55. The van der Waals surface area contributed by atoms with E-state index in [1.54, 1.807) is 47.8 Å². The number of aryl methyl sites for hydroxylation is 2. The standard InChI is InChI=1S/C36H25FN2O4S2/c1-38-35-30(17-18-44-35)33-31-21-28(37)14-16-32(31)39(45(41,42)29-15-13-22-5-3-7-26(22)20-29)34(33)27-8-4-6-25(19-27)23-9-11-24(12-10-23)36(40)43-2/h4,6,8-21H,3,5,7H2,2H3. The Morgan fingerprint density at radius 1 is 0.911 bits per heavy atom. The number of ether oxygens (including phenoxy) is 1. The number of carbonyl (C=O) groups is 1. The summed E-state index contributed by atoms with van der Waals surface area (Å²) in [6, 6.07) is 25.5. The largest absolute Gasteiger partial charge is 0.465 e. The van der Waals surface area contributed by atoms with Crippen LogP contribution in [-0.4, -0.2) is 25.5 Å². The maximum absolute atomic E-state index is 14.9. The third-order valence-electron chi connectivity index (χ3n) is 8.29.